The van der Waals surface area contributed by atoms with Crippen molar-refractivity contribution in [2.45, 2.75) is 31.6 Å². The van der Waals surface area contributed by atoms with E-state index in [1.165, 1.54) is 4.90 Å². The molecule has 0 atom stereocenters. The fraction of sp³-hybridized carbons (Fsp3) is 0.467. The van der Waals surface area contributed by atoms with Gasteiger partial charge in [0.15, 0.2) is 0 Å². The van der Waals surface area contributed by atoms with E-state index in [9.17, 15) is 13.6 Å². The van der Waals surface area contributed by atoms with E-state index in [4.69, 9.17) is 5.26 Å². The lowest BCUT2D eigenvalue weighted by Gasteiger charge is -2.30. The molecule has 1 aromatic rings. The molecule has 106 valence electrons. The summed E-state index contributed by atoms with van der Waals surface area (Å²) in [4.78, 5) is 13.8. The molecule has 0 unspecified atom stereocenters. The topological polar surface area (TPSA) is 44.1 Å². The molecule has 0 saturated heterocycles. The van der Waals surface area contributed by atoms with Crippen molar-refractivity contribution in [1.29, 1.82) is 5.26 Å². The summed E-state index contributed by atoms with van der Waals surface area (Å²) >= 11 is 0. The third kappa shape index (κ3) is 3.13. The minimum atomic E-state index is -2.62. The molecular formula is C15H16F2N2O. The van der Waals surface area contributed by atoms with E-state index in [2.05, 4.69) is 0 Å². The number of halogens is 2. The normalized spacial score (nSPS) is 18.3. The zero-order valence-corrected chi connectivity index (χ0v) is 11.3. The molecule has 0 bridgehead atoms. The monoisotopic (exact) mass is 278 g/mol. The van der Waals surface area contributed by atoms with E-state index < -0.39 is 5.92 Å². The van der Waals surface area contributed by atoms with Crippen molar-refractivity contribution in [2.24, 2.45) is 5.92 Å². The highest BCUT2D eigenvalue weighted by atomic mass is 19.3. The zero-order chi connectivity index (χ0) is 14.8. The number of nitrogens with zero attached hydrogens (tertiary/aromatic N) is 2. The van der Waals surface area contributed by atoms with Crippen LogP contribution in [0.3, 0.4) is 0 Å². The molecule has 0 spiro atoms. The van der Waals surface area contributed by atoms with Crippen LogP contribution in [0.15, 0.2) is 24.3 Å². The molecule has 0 heterocycles. The predicted octanol–water partition coefficient (Wildman–Crippen LogP) is 3.35. The van der Waals surface area contributed by atoms with Crippen LogP contribution in [0, 0.1) is 17.2 Å². The number of carbonyl (C=O) groups is 1. The summed E-state index contributed by atoms with van der Waals surface area (Å²) < 4.78 is 26.2. The zero-order valence-electron chi connectivity index (χ0n) is 11.3. The van der Waals surface area contributed by atoms with Gasteiger partial charge in [0.05, 0.1) is 11.6 Å². The highest BCUT2D eigenvalue weighted by Crippen LogP contribution is 2.37. The molecule has 1 fully saturated rings. The van der Waals surface area contributed by atoms with Crippen LogP contribution in [-0.4, -0.2) is 18.9 Å². The number of carbonyl (C=O) groups excluding carboxylic acids is 1. The third-order valence-electron chi connectivity index (χ3n) is 3.78. The van der Waals surface area contributed by atoms with E-state index in [0.29, 0.717) is 11.3 Å². The number of amides is 1. The number of alkyl halides is 2. The third-order valence-corrected chi connectivity index (χ3v) is 3.78. The van der Waals surface area contributed by atoms with Gasteiger partial charge in [-0.3, -0.25) is 4.79 Å². The number of hydrogen-bond acceptors (Lipinski definition) is 2. The van der Waals surface area contributed by atoms with Crippen LogP contribution >= 0.6 is 0 Å². The molecule has 1 amide bonds. The van der Waals surface area contributed by atoms with Crippen molar-refractivity contribution in [3.8, 4) is 6.07 Å². The van der Waals surface area contributed by atoms with Gasteiger partial charge in [0.1, 0.15) is 0 Å². The van der Waals surface area contributed by atoms with Gasteiger partial charge in [-0.05, 0) is 37.1 Å². The first-order chi connectivity index (χ1) is 9.43. The largest absolute Gasteiger partial charge is 0.315 e. The van der Waals surface area contributed by atoms with E-state index in [-0.39, 0.29) is 37.5 Å². The summed E-state index contributed by atoms with van der Waals surface area (Å²) in [6, 6.07) is 8.65. The Hall–Kier alpha value is -1.96. The molecule has 20 heavy (non-hydrogen) atoms. The Labute approximate surface area is 116 Å². The molecular weight excluding hydrogens is 262 g/mol. The summed E-state index contributed by atoms with van der Waals surface area (Å²) in [7, 11) is 1.64. The smallest absolute Gasteiger partial charge is 0.248 e. The van der Waals surface area contributed by atoms with Gasteiger partial charge in [0, 0.05) is 31.5 Å². The highest BCUT2D eigenvalue weighted by molar-refractivity contribution is 5.94. The second kappa shape index (κ2) is 5.58. The molecule has 0 aromatic heterocycles. The molecule has 1 aromatic carbocycles. The lowest BCUT2D eigenvalue weighted by molar-refractivity contribution is -0.126. The maximum Gasteiger partial charge on any atom is 0.248 e. The minimum absolute atomic E-state index is 0.134. The molecule has 5 heteroatoms. The summed E-state index contributed by atoms with van der Waals surface area (Å²) in [6.45, 7) is 0. The van der Waals surface area contributed by atoms with Crippen LogP contribution in [0.2, 0.25) is 0 Å². The molecule has 0 N–H and O–H groups in total. The van der Waals surface area contributed by atoms with Crippen LogP contribution < -0.4 is 4.90 Å². The molecule has 1 saturated carbocycles. The number of rotatable bonds is 2. The Morgan fingerprint density at radius 2 is 1.85 bits per heavy atom. The Balaban J connectivity index is 2.03. The second-order valence-electron chi connectivity index (χ2n) is 5.19. The van der Waals surface area contributed by atoms with Gasteiger partial charge in [-0.2, -0.15) is 5.26 Å². The van der Waals surface area contributed by atoms with Crippen LogP contribution in [0.4, 0.5) is 14.5 Å². The quantitative estimate of drug-likeness (QED) is 0.832. The van der Waals surface area contributed by atoms with Gasteiger partial charge in [-0.15, -0.1) is 0 Å². The van der Waals surface area contributed by atoms with Crippen molar-refractivity contribution < 1.29 is 13.6 Å². The van der Waals surface area contributed by atoms with Crippen molar-refractivity contribution in [2.75, 3.05) is 11.9 Å². The molecule has 2 rings (SSSR count). The first kappa shape index (κ1) is 14.4. The number of anilines is 1. The summed E-state index contributed by atoms with van der Waals surface area (Å²) in [6.07, 6.45) is 0.0220. The predicted molar refractivity (Wildman–Crippen MR) is 71.5 cm³/mol. The second-order valence-corrected chi connectivity index (χ2v) is 5.19. The lowest BCUT2D eigenvalue weighted by Crippen LogP contribution is -2.37. The number of nitriles is 1. The molecule has 0 aliphatic heterocycles. The molecule has 0 radical (unpaired) electrons. The van der Waals surface area contributed by atoms with Crippen LogP contribution in [-0.2, 0) is 4.79 Å². The van der Waals surface area contributed by atoms with Crippen molar-refractivity contribution in [3.05, 3.63) is 29.8 Å². The maximum absolute atomic E-state index is 13.1. The summed E-state index contributed by atoms with van der Waals surface area (Å²) in [5.74, 6) is -3.09. The minimum Gasteiger partial charge on any atom is -0.315 e. The Morgan fingerprint density at radius 3 is 2.35 bits per heavy atom. The average molecular weight is 278 g/mol. The van der Waals surface area contributed by atoms with Gasteiger partial charge in [-0.1, -0.05) is 0 Å². The van der Waals surface area contributed by atoms with Crippen LogP contribution in [0.25, 0.3) is 0 Å². The molecule has 1 aliphatic carbocycles. The van der Waals surface area contributed by atoms with E-state index >= 15 is 0 Å². The van der Waals surface area contributed by atoms with E-state index in [1.807, 2.05) is 6.07 Å². The SMILES string of the molecule is CN(C(=O)C1CCC(F)(F)CC1)c1ccc(C#N)cc1. The van der Waals surface area contributed by atoms with Crippen LogP contribution in [0.5, 0.6) is 0 Å². The first-order valence-electron chi connectivity index (χ1n) is 6.58. The average Bonchev–Trinajstić information content (AvgIpc) is 2.46. The van der Waals surface area contributed by atoms with Crippen molar-refractivity contribution in [1.82, 2.24) is 0 Å². The highest BCUT2D eigenvalue weighted by Gasteiger charge is 2.38. The molecule has 3 nitrogen and oxygen atoms in total. The number of hydrogen-bond donors (Lipinski definition) is 0. The van der Waals surface area contributed by atoms with E-state index in [0.717, 1.165) is 0 Å². The van der Waals surface area contributed by atoms with Gasteiger partial charge < -0.3 is 4.90 Å². The van der Waals surface area contributed by atoms with Gasteiger partial charge in [0.25, 0.3) is 0 Å². The van der Waals surface area contributed by atoms with Crippen molar-refractivity contribution >= 4 is 11.6 Å². The van der Waals surface area contributed by atoms with Crippen LogP contribution in [0.1, 0.15) is 31.2 Å². The standard InChI is InChI=1S/C15H16F2N2O/c1-19(13-4-2-11(10-18)3-5-13)14(20)12-6-8-15(16,17)9-7-12/h2-5,12H,6-9H2,1H3. The van der Waals surface area contributed by atoms with E-state index in [1.54, 1.807) is 31.3 Å². The fourth-order valence-corrected chi connectivity index (χ4v) is 2.45. The Bertz CT molecular complexity index is 524. The van der Waals surface area contributed by atoms with Gasteiger partial charge >= 0.3 is 0 Å². The summed E-state index contributed by atoms with van der Waals surface area (Å²) in [5.41, 5.74) is 1.19. The van der Waals surface area contributed by atoms with Gasteiger partial charge in [-0.25, -0.2) is 8.78 Å². The molecule has 1 aliphatic rings. The summed E-state index contributed by atoms with van der Waals surface area (Å²) in [5, 5.41) is 8.73. The van der Waals surface area contributed by atoms with Crippen molar-refractivity contribution in [3.63, 3.8) is 0 Å². The fourth-order valence-electron chi connectivity index (χ4n) is 2.45. The Kier molecular flexibility index (Phi) is 4.03. The lowest BCUT2D eigenvalue weighted by atomic mass is 9.86. The maximum atomic E-state index is 13.1. The number of benzene rings is 1. The Morgan fingerprint density at radius 1 is 1.30 bits per heavy atom. The first-order valence-corrected chi connectivity index (χ1v) is 6.58. The van der Waals surface area contributed by atoms with Gasteiger partial charge in [0.2, 0.25) is 11.8 Å².